The van der Waals surface area contributed by atoms with Crippen LogP contribution in [0.2, 0.25) is 0 Å². The minimum Gasteiger partial charge on any atom is -0.341 e. The van der Waals surface area contributed by atoms with Crippen LogP contribution in [0.1, 0.15) is 169 Å². The topological polar surface area (TPSA) is 37.3 Å². The van der Waals surface area contributed by atoms with Gasteiger partial charge in [0.1, 0.15) is 0 Å². The first-order chi connectivity index (χ1) is 18.1. The molecule has 1 aromatic rings. The predicted octanol–water partition coefficient (Wildman–Crippen LogP) is 11.8. The van der Waals surface area contributed by atoms with Gasteiger partial charge in [0.05, 0.1) is 0 Å². The van der Waals surface area contributed by atoms with E-state index in [0.717, 1.165) is 12.8 Å². The molecule has 0 aliphatic heterocycles. The normalized spacial score (nSPS) is 13.5. The second-order valence-electron chi connectivity index (χ2n) is 11.0. The van der Waals surface area contributed by atoms with Crippen molar-refractivity contribution >= 4 is 12.7 Å². The zero-order chi connectivity index (χ0) is 27.5. The van der Waals surface area contributed by atoms with Crippen LogP contribution >= 0.6 is 7.37 Å². The molecule has 2 nitrogen and oxygen atoms in total. The number of benzene rings is 1. The zero-order valence-corrected chi connectivity index (χ0v) is 26.4. The molecule has 1 N–H and O–H groups in total. The standard InChI is InChI=1S/C32H59O2P.C2H6/c1-3-5-7-9-11-13-14-15-16-18-20-23-27-31(26-22-19-17-12-10-8-6-4-2)30-35(33,34)32-28-24-21-25-29-32;1-2/h21,24-25,28-29,31H,3-20,22-23,26-27,30H2,1-2H3,(H,33,34);1-2H3. The van der Waals surface area contributed by atoms with E-state index in [0.29, 0.717) is 17.4 Å². The number of unbranched alkanes of at least 4 members (excludes halogenated alkanes) is 18. The third-order valence-corrected chi connectivity index (χ3v) is 9.71. The highest BCUT2D eigenvalue weighted by Crippen LogP contribution is 2.43. The highest BCUT2D eigenvalue weighted by molar-refractivity contribution is 7.66. The summed E-state index contributed by atoms with van der Waals surface area (Å²) in [6, 6.07) is 9.36. The molecule has 0 fully saturated rings. The molecule has 0 aromatic heterocycles. The zero-order valence-electron chi connectivity index (χ0n) is 25.5. The molecule has 0 aliphatic rings. The van der Waals surface area contributed by atoms with Crippen molar-refractivity contribution in [2.45, 2.75) is 169 Å². The lowest BCUT2D eigenvalue weighted by Crippen LogP contribution is -2.14. The Bertz CT molecular complexity index is 616. The summed E-state index contributed by atoms with van der Waals surface area (Å²) in [6.45, 7) is 8.55. The molecule has 0 spiro atoms. The van der Waals surface area contributed by atoms with Crippen LogP contribution in [0.5, 0.6) is 0 Å². The molecule has 2 unspecified atom stereocenters. The average molecular weight is 537 g/mol. The summed E-state index contributed by atoms with van der Waals surface area (Å²) in [5.74, 6) is 0.384. The molecule has 1 aromatic carbocycles. The van der Waals surface area contributed by atoms with Crippen molar-refractivity contribution in [3.05, 3.63) is 30.3 Å². The lowest BCUT2D eigenvalue weighted by Gasteiger charge is -2.21. The van der Waals surface area contributed by atoms with E-state index >= 15 is 0 Å². The molecule has 0 saturated carbocycles. The van der Waals surface area contributed by atoms with E-state index in [-0.39, 0.29) is 0 Å². The van der Waals surface area contributed by atoms with E-state index in [4.69, 9.17) is 0 Å². The fourth-order valence-corrected chi connectivity index (χ4v) is 7.20. The molecule has 1 rings (SSSR count). The van der Waals surface area contributed by atoms with Crippen molar-refractivity contribution < 1.29 is 9.46 Å². The Balaban J connectivity index is 0.00000631. The van der Waals surface area contributed by atoms with Crippen molar-refractivity contribution in [3.63, 3.8) is 0 Å². The summed E-state index contributed by atoms with van der Waals surface area (Å²) in [5, 5.41) is 0.635. The van der Waals surface area contributed by atoms with Gasteiger partial charge in [0.2, 0.25) is 7.37 Å². The smallest absolute Gasteiger partial charge is 0.229 e. The summed E-state index contributed by atoms with van der Waals surface area (Å²) >= 11 is 0. The summed E-state index contributed by atoms with van der Waals surface area (Å²) in [4.78, 5) is 10.8. The summed E-state index contributed by atoms with van der Waals surface area (Å²) in [7, 11) is -3.26. The van der Waals surface area contributed by atoms with Crippen molar-refractivity contribution in [2.24, 2.45) is 5.92 Å². The van der Waals surface area contributed by atoms with Crippen LogP contribution in [0.15, 0.2) is 30.3 Å². The van der Waals surface area contributed by atoms with Gasteiger partial charge in [-0.05, 0) is 30.9 Å². The molecular formula is C34H65O2P. The molecule has 3 heteroatoms. The van der Waals surface area contributed by atoms with Gasteiger partial charge in [-0.3, -0.25) is 4.57 Å². The van der Waals surface area contributed by atoms with Gasteiger partial charge in [-0.25, -0.2) is 0 Å². The molecule has 0 saturated heterocycles. The fraction of sp³-hybridized carbons (Fsp3) is 0.824. The van der Waals surface area contributed by atoms with Gasteiger partial charge in [0.15, 0.2) is 0 Å². The van der Waals surface area contributed by atoms with Gasteiger partial charge in [-0.2, -0.15) is 0 Å². The maximum Gasteiger partial charge on any atom is 0.229 e. The third kappa shape index (κ3) is 22.0. The molecule has 0 heterocycles. The number of hydrogen-bond acceptors (Lipinski definition) is 1. The fourth-order valence-electron chi connectivity index (χ4n) is 5.28. The molecule has 0 bridgehead atoms. The van der Waals surface area contributed by atoms with Crippen LogP contribution < -0.4 is 5.30 Å². The first-order valence-electron chi connectivity index (χ1n) is 16.5. The quantitative estimate of drug-likeness (QED) is 0.0996. The average Bonchev–Trinajstić information content (AvgIpc) is 2.92. The monoisotopic (exact) mass is 536 g/mol. The van der Waals surface area contributed by atoms with Gasteiger partial charge in [-0.15, -0.1) is 0 Å². The van der Waals surface area contributed by atoms with E-state index in [9.17, 15) is 9.46 Å². The van der Waals surface area contributed by atoms with Crippen molar-refractivity contribution in [2.75, 3.05) is 6.16 Å². The van der Waals surface area contributed by atoms with Crippen LogP contribution in [0, 0.1) is 5.92 Å². The van der Waals surface area contributed by atoms with Crippen LogP contribution in [0.25, 0.3) is 0 Å². The highest BCUT2D eigenvalue weighted by atomic mass is 31.2. The van der Waals surface area contributed by atoms with Gasteiger partial charge in [-0.1, -0.05) is 174 Å². The Hall–Kier alpha value is -0.590. The Morgan fingerprint density at radius 1 is 0.568 bits per heavy atom. The second kappa shape index (κ2) is 27.0. The number of rotatable bonds is 25. The maximum atomic E-state index is 13.1. The van der Waals surface area contributed by atoms with Crippen LogP contribution in [0.3, 0.4) is 0 Å². The first kappa shape index (κ1) is 36.4. The van der Waals surface area contributed by atoms with E-state index in [1.165, 1.54) is 128 Å². The van der Waals surface area contributed by atoms with Crippen molar-refractivity contribution in [3.8, 4) is 0 Å². The van der Waals surface area contributed by atoms with Crippen LogP contribution in [0.4, 0.5) is 0 Å². The van der Waals surface area contributed by atoms with Gasteiger partial charge >= 0.3 is 0 Å². The van der Waals surface area contributed by atoms with Gasteiger partial charge in [0, 0.05) is 11.5 Å². The largest absolute Gasteiger partial charge is 0.341 e. The molecule has 0 radical (unpaired) electrons. The Morgan fingerprint density at radius 3 is 1.24 bits per heavy atom. The third-order valence-electron chi connectivity index (χ3n) is 7.60. The van der Waals surface area contributed by atoms with Crippen molar-refractivity contribution in [1.29, 1.82) is 0 Å². The lowest BCUT2D eigenvalue weighted by molar-refractivity contribution is 0.412. The SMILES string of the molecule is CC.CCCCCCCCCCCCCCC(CCCCCCCCCC)CP(=O)(O)c1ccccc1. The number of hydrogen-bond donors (Lipinski definition) is 1. The second-order valence-corrected chi connectivity index (χ2v) is 13.3. The van der Waals surface area contributed by atoms with E-state index < -0.39 is 7.37 Å². The lowest BCUT2D eigenvalue weighted by atomic mass is 9.95. The Labute approximate surface area is 233 Å². The maximum absolute atomic E-state index is 13.1. The molecule has 2 atom stereocenters. The Kier molecular flexibility index (Phi) is 26.6. The summed E-state index contributed by atoms with van der Waals surface area (Å²) < 4.78 is 13.1. The summed E-state index contributed by atoms with van der Waals surface area (Å²) in [6.07, 6.45) is 29.7. The van der Waals surface area contributed by atoms with Gasteiger partial charge < -0.3 is 4.89 Å². The molecule has 218 valence electrons. The van der Waals surface area contributed by atoms with Crippen molar-refractivity contribution in [1.82, 2.24) is 0 Å². The van der Waals surface area contributed by atoms with Gasteiger partial charge in [0.25, 0.3) is 0 Å². The molecule has 37 heavy (non-hydrogen) atoms. The predicted molar refractivity (Wildman–Crippen MR) is 169 cm³/mol. The minimum atomic E-state index is -3.26. The molecular weight excluding hydrogens is 471 g/mol. The molecule has 0 amide bonds. The minimum absolute atomic E-state index is 0.384. The highest BCUT2D eigenvalue weighted by Gasteiger charge is 2.25. The van der Waals surface area contributed by atoms with Crippen LogP contribution in [-0.2, 0) is 4.57 Å². The summed E-state index contributed by atoms with van der Waals surface area (Å²) in [5.41, 5.74) is 0. The molecule has 0 aliphatic carbocycles. The van der Waals surface area contributed by atoms with E-state index in [1.54, 1.807) is 0 Å². The van der Waals surface area contributed by atoms with E-state index in [1.807, 2.05) is 44.2 Å². The Morgan fingerprint density at radius 2 is 0.892 bits per heavy atom. The van der Waals surface area contributed by atoms with Crippen LogP contribution in [-0.4, -0.2) is 11.1 Å². The first-order valence-corrected chi connectivity index (χ1v) is 18.3. The van der Waals surface area contributed by atoms with E-state index in [2.05, 4.69) is 13.8 Å².